The summed E-state index contributed by atoms with van der Waals surface area (Å²) in [6.07, 6.45) is 3.33. The number of carbonyl (C=O) groups excluding carboxylic acids is 1. The van der Waals surface area contributed by atoms with Crippen LogP contribution in [0.1, 0.15) is 5.69 Å². The molecule has 1 atom stereocenters. The van der Waals surface area contributed by atoms with Crippen LogP contribution in [0.2, 0.25) is 0 Å². The molecule has 70 valence electrons. The zero-order valence-corrected chi connectivity index (χ0v) is 7.53. The maximum Gasteiger partial charge on any atom is 0.398 e. The molecule has 1 aromatic rings. The third kappa shape index (κ3) is 2.93. The Bertz CT molecular complexity index is 287. The predicted molar refractivity (Wildman–Crippen MR) is 44.0 cm³/mol. The molecule has 3 N–H and O–H groups in total. The Labute approximate surface area is 75.8 Å². The fourth-order valence-corrected chi connectivity index (χ4v) is 1.03. The minimum Gasteiger partial charge on any atom is -0.372 e. The van der Waals surface area contributed by atoms with Crippen molar-refractivity contribution >= 4 is 14.7 Å². The molecule has 0 bridgehead atoms. The van der Waals surface area contributed by atoms with Crippen molar-refractivity contribution in [1.29, 1.82) is 0 Å². The van der Waals surface area contributed by atoms with Gasteiger partial charge in [0.15, 0.2) is 0 Å². The van der Waals surface area contributed by atoms with Gasteiger partial charge in [-0.3, -0.25) is 0 Å². The number of nitrogens with two attached hydrogens (primary N) is 1. The highest BCUT2D eigenvalue weighted by Crippen LogP contribution is 2.02. The first-order valence-corrected chi connectivity index (χ1v) is 4.23. The molecule has 7 heteroatoms. The van der Waals surface area contributed by atoms with Crippen molar-refractivity contribution in [2.45, 2.75) is 12.5 Å². The predicted octanol–water partition coefficient (Wildman–Crippen LogP) is 0.0294. The standard InChI is InChI=1S/C6H8N3O3P/c7-5(6(10)12-13-11)1-4-2-8-3-9-4/h2-3,5H,1,7H2,(H,8,9)/t5-/m0/s1. The molecule has 0 spiro atoms. The first-order chi connectivity index (χ1) is 6.24. The average Bonchev–Trinajstić information content (AvgIpc) is 2.57. The summed E-state index contributed by atoms with van der Waals surface area (Å²) in [5.41, 5.74) is 6.16. The lowest BCUT2D eigenvalue weighted by Crippen LogP contribution is -2.32. The number of aromatic amines is 1. The normalized spacial score (nSPS) is 12.7. The van der Waals surface area contributed by atoms with Gasteiger partial charge in [-0.1, -0.05) is 0 Å². The highest BCUT2D eigenvalue weighted by Gasteiger charge is 2.16. The fraction of sp³-hybridized carbons (Fsp3) is 0.333. The lowest BCUT2D eigenvalue weighted by atomic mass is 10.2. The largest absolute Gasteiger partial charge is 0.398 e. The summed E-state index contributed by atoms with van der Waals surface area (Å²) >= 11 is 0. The molecule has 0 aliphatic carbocycles. The number of H-pyrrole nitrogens is 1. The molecule has 0 aliphatic heterocycles. The van der Waals surface area contributed by atoms with E-state index in [1.807, 2.05) is 0 Å². The molecule has 13 heavy (non-hydrogen) atoms. The van der Waals surface area contributed by atoms with Crippen molar-refractivity contribution in [3.63, 3.8) is 0 Å². The van der Waals surface area contributed by atoms with Gasteiger partial charge in [-0.15, -0.1) is 0 Å². The molecule has 0 saturated carbocycles. The molecule has 0 radical (unpaired) electrons. The van der Waals surface area contributed by atoms with Crippen LogP contribution in [-0.4, -0.2) is 22.0 Å². The summed E-state index contributed by atoms with van der Waals surface area (Å²) in [5.74, 6) is -0.703. The van der Waals surface area contributed by atoms with Crippen molar-refractivity contribution in [2.75, 3.05) is 0 Å². The van der Waals surface area contributed by atoms with E-state index in [0.29, 0.717) is 0 Å². The number of carbonyl (C=O) groups is 1. The van der Waals surface area contributed by atoms with E-state index in [2.05, 4.69) is 14.5 Å². The summed E-state index contributed by atoms with van der Waals surface area (Å²) in [4.78, 5) is 17.4. The van der Waals surface area contributed by atoms with Crippen molar-refractivity contribution in [2.24, 2.45) is 5.73 Å². The Morgan fingerprint density at radius 2 is 2.62 bits per heavy atom. The molecule has 0 aliphatic rings. The second-order valence-electron chi connectivity index (χ2n) is 2.37. The quantitative estimate of drug-likeness (QED) is 0.669. The summed E-state index contributed by atoms with van der Waals surface area (Å²) in [7, 11) is -0.680. The maximum absolute atomic E-state index is 10.9. The molecule has 1 aromatic heterocycles. The first-order valence-electron chi connectivity index (χ1n) is 3.50. The minimum atomic E-state index is -0.818. The molecule has 0 saturated heterocycles. The summed E-state index contributed by atoms with van der Waals surface area (Å²) in [5, 5.41) is 0. The molecule has 6 nitrogen and oxygen atoms in total. The van der Waals surface area contributed by atoms with Gasteiger partial charge in [-0.2, -0.15) is 0 Å². The van der Waals surface area contributed by atoms with Crippen molar-refractivity contribution < 1.29 is 13.9 Å². The van der Waals surface area contributed by atoms with Crippen LogP contribution < -0.4 is 5.73 Å². The summed E-state index contributed by atoms with van der Waals surface area (Å²) in [6, 6.07) is -0.818. The zero-order chi connectivity index (χ0) is 9.68. The van der Waals surface area contributed by atoms with Crippen LogP contribution in [0.25, 0.3) is 0 Å². The number of hydrogen-bond donors (Lipinski definition) is 2. The Morgan fingerprint density at radius 3 is 3.15 bits per heavy atom. The molecule has 0 amide bonds. The third-order valence-electron chi connectivity index (χ3n) is 1.42. The molecule has 0 unspecified atom stereocenters. The zero-order valence-electron chi connectivity index (χ0n) is 6.64. The van der Waals surface area contributed by atoms with Crippen LogP contribution in [0.15, 0.2) is 12.5 Å². The first kappa shape index (κ1) is 9.83. The molecule has 1 heterocycles. The van der Waals surface area contributed by atoms with Crippen LogP contribution in [-0.2, 0) is 20.3 Å². The molecule has 0 aromatic carbocycles. The smallest absolute Gasteiger partial charge is 0.372 e. The van der Waals surface area contributed by atoms with Gasteiger partial charge < -0.3 is 15.2 Å². The van der Waals surface area contributed by atoms with E-state index in [9.17, 15) is 9.36 Å². The van der Waals surface area contributed by atoms with Gasteiger partial charge in [0.05, 0.1) is 6.33 Å². The van der Waals surface area contributed by atoms with Gasteiger partial charge in [-0.25, -0.2) is 14.3 Å². The Kier molecular flexibility index (Phi) is 3.54. The van der Waals surface area contributed by atoms with E-state index in [1.165, 1.54) is 6.33 Å². The SMILES string of the molecule is N[C@@H](Cc1cnc[nH]1)C(=O)OP=O. The van der Waals surface area contributed by atoms with Crippen molar-refractivity contribution in [3.8, 4) is 0 Å². The Hall–Kier alpha value is -1.26. The van der Waals surface area contributed by atoms with E-state index in [4.69, 9.17) is 5.73 Å². The van der Waals surface area contributed by atoms with Crippen LogP contribution in [0, 0.1) is 0 Å². The fourth-order valence-electron chi connectivity index (χ4n) is 0.821. The number of imidazole rings is 1. The molecular formula is C6H8N3O3P. The topological polar surface area (TPSA) is 98.1 Å². The number of hydrogen-bond acceptors (Lipinski definition) is 5. The van der Waals surface area contributed by atoms with Gasteiger partial charge in [-0.05, 0) is 0 Å². The number of nitrogens with zero attached hydrogens (tertiary/aromatic N) is 1. The van der Waals surface area contributed by atoms with E-state index in [0.717, 1.165) is 5.69 Å². The van der Waals surface area contributed by atoms with Crippen LogP contribution in [0.4, 0.5) is 0 Å². The molecule has 1 rings (SSSR count). The lowest BCUT2D eigenvalue weighted by molar-refractivity contribution is -0.134. The van der Waals surface area contributed by atoms with E-state index < -0.39 is 20.7 Å². The van der Waals surface area contributed by atoms with E-state index in [1.54, 1.807) is 6.20 Å². The monoisotopic (exact) mass is 201 g/mol. The van der Waals surface area contributed by atoms with Crippen molar-refractivity contribution in [3.05, 3.63) is 18.2 Å². The van der Waals surface area contributed by atoms with E-state index >= 15 is 0 Å². The van der Waals surface area contributed by atoms with Gasteiger partial charge in [0.2, 0.25) is 0 Å². The van der Waals surface area contributed by atoms with Gasteiger partial charge >= 0.3 is 14.7 Å². The van der Waals surface area contributed by atoms with Crippen LogP contribution in [0.3, 0.4) is 0 Å². The lowest BCUT2D eigenvalue weighted by Gasteiger charge is -2.04. The van der Waals surface area contributed by atoms with Crippen LogP contribution in [0.5, 0.6) is 0 Å². The molecule has 0 fully saturated rings. The Morgan fingerprint density at radius 1 is 1.85 bits per heavy atom. The highest BCUT2D eigenvalue weighted by molar-refractivity contribution is 7.18. The average molecular weight is 201 g/mol. The van der Waals surface area contributed by atoms with Gasteiger partial charge in [0.25, 0.3) is 0 Å². The number of rotatable bonds is 4. The summed E-state index contributed by atoms with van der Waals surface area (Å²) < 4.78 is 14.1. The third-order valence-corrected chi connectivity index (χ3v) is 1.68. The number of aromatic nitrogens is 2. The van der Waals surface area contributed by atoms with Gasteiger partial charge in [0, 0.05) is 18.3 Å². The second kappa shape index (κ2) is 4.69. The second-order valence-corrected chi connectivity index (χ2v) is 2.70. The van der Waals surface area contributed by atoms with Crippen LogP contribution >= 0.6 is 8.69 Å². The van der Waals surface area contributed by atoms with Gasteiger partial charge in [0.1, 0.15) is 6.04 Å². The maximum atomic E-state index is 10.9. The Balaban J connectivity index is 2.45. The van der Waals surface area contributed by atoms with E-state index in [-0.39, 0.29) is 6.42 Å². The minimum absolute atomic E-state index is 0.286. The summed E-state index contributed by atoms with van der Waals surface area (Å²) in [6.45, 7) is 0. The number of nitrogens with one attached hydrogen (secondary N) is 1. The van der Waals surface area contributed by atoms with Crippen molar-refractivity contribution in [1.82, 2.24) is 9.97 Å². The highest BCUT2D eigenvalue weighted by atomic mass is 31.1. The molecular weight excluding hydrogens is 193 g/mol.